The Morgan fingerprint density at radius 3 is 2.56 bits per heavy atom. The van der Waals surface area contributed by atoms with E-state index in [-0.39, 0.29) is 12.3 Å². The number of benzene rings is 2. The predicted molar refractivity (Wildman–Crippen MR) is 97.8 cm³/mol. The van der Waals surface area contributed by atoms with E-state index < -0.39 is 10.8 Å². The summed E-state index contributed by atoms with van der Waals surface area (Å²) >= 11 is 3.37. The molecule has 2 aromatic rings. The first-order valence-electron chi connectivity index (χ1n) is 7.33. The summed E-state index contributed by atoms with van der Waals surface area (Å²) in [4.78, 5) is 22.0. The molecule has 0 bridgehead atoms. The standard InChI is InChI=1S/C17H16BrN3O4/c1-11-3-8-16(15(18)9-11)25-10-17(22)20-19-12(2)13-4-6-14(7-5-13)21(23)24/h3-9H,10H2,1-2H3,(H,20,22)/b19-12-. The number of carbonyl (C=O) groups excluding carboxylic acids is 1. The van der Waals surface area contributed by atoms with Crippen molar-refractivity contribution in [3.63, 3.8) is 0 Å². The highest BCUT2D eigenvalue weighted by molar-refractivity contribution is 9.10. The van der Waals surface area contributed by atoms with Gasteiger partial charge in [-0.15, -0.1) is 0 Å². The topological polar surface area (TPSA) is 93.8 Å². The number of nitrogens with one attached hydrogen (secondary N) is 1. The first kappa shape index (κ1) is 18.6. The molecule has 0 saturated heterocycles. The second-order valence-corrected chi connectivity index (χ2v) is 6.11. The molecule has 1 amide bonds. The van der Waals surface area contributed by atoms with E-state index in [0.29, 0.717) is 17.0 Å². The van der Waals surface area contributed by atoms with E-state index in [9.17, 15) is 14.9 Å². The van der Waals surface area contributed by atoms with Gasteiger partial charge < -0.3 is 4.74 Å². The van der Waals surface area contributed by atoms with Gasteiger partial charge in [-0.05, 0) is 65.2 Å². The Labute approximate surface area is 153 Å². The summed E-state index contributed by atoms with van der Waals surface area (Å²) in [5, 5.41) is 14.6. The molecule has 2 aromatic carbocycles. The summed E-state index contributed by atoms with van der Waals surface area (Å²) in [6.07, 6.45) is 0. The minimum atomic E-state index is -0.474. The van der Waals surface area contributed by atoms with E-state index in [1.165, 1.54) is 12.1 Å². The Hall–Kier alpha value is -2.74. The molecule has 0 aliphatic rings. The molecule has 0 fully saturated rings. The van der Waals surface area contributed by atoms with E-state index in [1.54, 1.807) is 25.1 Å². The van der Waals surface area contributed by atoms with Crippen LogP contribution in [0.15, 0.2) is 52.0 Å². The van der Waals surface area contributed by atoms with Crippen LogP contribution >= 0.6 is 15.9 Å². The summed E-state index contributed by atoms with van der Waals surface area (Å²) in [7, 11) is 0. The maximum absolute atomic E-state index is 11.8. The molecule has 8 heteroatoms. The van der Waals surface area contributed by atoms with Gasteiger partial charge in [0.2, 0.25) is 0 Å². The lowest BCUT2D eigenvalue weighted by molar-refractivity contribution is -0.384. The maximum Gasteiger partial charge on any atom is 0.277 e. The zero-order valence-electron chi connectivity index (χ0n) is 13.7. The van der Waals surface area contributed by atoms with Gasteiger partial charge >= 0.3 is 0 Å². The summed E-state index contributed by atoms with van der Waals surface area (Å²) in [5.74, 6) is 0.158. The van der Waals surface area contributed by atoms with Crippen LogP contribution in [0.5, 0.6) is 5.75 Å². The molecule has 0 saturated carbocycles. The number of nitro benzene ring substituents is 1. The van der Waals surface area contributed by atoms with Gasteiger partial charge in [-0.2, -0.15) is 5.10 Å². The highest BCUT2D eigenvalue weighted by atomic mass is 79.9. The van der Waals surface area contributed by atoms with Gasteiger partial charge in [0, 0.05) is 12.1 Å². The Morgan fingerprint density at radius 1 is 1.28 bits per heavy atom. The number of nitro groups is 1. The lowest BCUT2D eigenvalue weighted by Gasteiger charge is -2.08. The van der Waals surface area contributed by atoms with Crippen molar-refractivity contribution in [2.75, 3.05) is 6.61 Å². The van der Waals surface area contributed by atoms with Gasteiger partial charge in [-0.1, -0.05) is 6.07 Å². The van der Waals surface area contributed by atoms with Crippen LogP contribution in [-0.2, 0) is 4.79 Å². The van der Waals surface area contributed by atoms with Crippen molar-refractivity contribution in [3.05, 3.63) is 68.2 Å². The summed E-state index contributed by atoms with van der Waals surface area (Å²) in [6, 6.07) is 11.5. The molecule has 130 valence electrons. The van der Waals surface area contributed by atoms with E-state index in [4.69, 9.17) is 4.74 Å². The highest BCUT2D eigenvalue weighted by Gasteiger charge is 2.07. The zero-order chi connectivity index (χ0) is 18.4. The van der Waals surface area contributed by atoms with Crippen molar-refractivity contribution in [1.82, 2.24) is 5.43 Å². The van der Waals surface area contributed by atoms with Crippen LogP contribution in [0, 0.1) is 17.0 Å². The summed E-state index contributed by atoms with van der Waals surface area (Å²) in [5.41, 5.74) is 4.67. The largest absolute Gasteiger partial charge is 0.483 e. The van der Waals surface area contributed by atoms with Crippen LogP contribution in [0.25, 0.3) is 0 Å². The molecule has 0 spiro atoms. The third kappa shape index (κ3) is 5.39. The predicted octanol–water partition coefficient (Wildman–Crippen LogP) is 3.58. The number of amides is 1. The van der Waals surface area contributed by atoms with Crippen molar-refractivity contribution >= 4 is 33.2 Å². The number of hydrogen-bond donors (Lipinski definition) is 1. The molecule has 0 aromatic heterocycles. The van der Waals surface area contributed by atoms with Crippen molar-refractivity contribution in [2.24, 2.45) is 5.10 Å². The van der Waals surface area contributed by atoms with Gasteiger partial charge in [-0.3, -0.25) is 14.9 Å². The minimum Gasteiger partial charge on any atom is -0.483 e. The first-order chi connectivity index (χ1) is 11.9. The monoisotopic (exact) mass is 405 g/mol. The fourth-order valence-electron chi connectivity index (χ4n) is 1.93. The van der Waals surface area contributed by atoms with Crippen LogP contribution in [0.1, 0.15) is 18.1 Å². The Balaban J connectivity index is 1.91. The normalized spacial score (nSPS) is 11.1. The lowest BCUT2D eigenvalue weighted by Crippen LogP contribution is -2.25. The number of hydrazone groups is 1. The molecule has 25 heavy (non-hydrogen) atoms. The number of nitrogens with zero attached hydrogens (tertiary/aromatic N) is 2. The number of aryl methyl sites for hydroxylation is 1. The van der Waals surface area contributed by atoms with Crippen molar-refractivity contribution in [1.29, 1.82) is 0 Å². The minimum absolute atomic E-state index is 0.00217. The third-order valence-electron chi connectivity index (χ3n) is 3.29. The number of rotatable bonds is 6. The van der Waals surface area contributed by atoms with E-state index in [1.807, 2.05) is 19.1 Å². The molecule has 0 heterocycles. The Morgan fingerprint density at radius 2 is 1.96 bits per heavy atom. The maximum atomic E-state index is 11.8. The van der Waals surface area contributed by atoms with Gasteiger partial charge in [0.15, 0.2) is 6.61 Å². The van der Waals surface area contributed by atoms with Crippen LogP contribution in [-0.4, -0.2) is 23.1 Å². The molecule has 0 unspecified atom stereocenters. The second kappa shape index (κ2) is 8.39. The number of carbonyl (C=O) groups is 1. The second-order valence-electron chi connectivity index (χ2n) is 5.26. The summed E-state index contributed by atoms with van der Waals surface area (Å²) < 4.78 is 6.20. The first-order valence-corrected chi connectivity index (χ1v) is 8.13. The molecule has 0 radical (unpaired) electrons. The van der Waals surface area contributed by atoms with Crippen LogP contribution in [0.2, 0.25) is 0 Å². The quantitative estimate of drug-likeness (QED) is 0.451. The molecular weight excluding hydrogens is 390 g/mol. The fraction of sp³-hybridized carbons (Fsp3) is 0.176. The molecule has 0 aliphatic carbocycles. The van der Waals surface area contributed by atoms with Crippen LogP contribution in [0.4, 0.5) is 5.69 Å². The number of halogens is 1. The number of hydrogen-bond acceptors (Lipinski definition) is 5. The number of non-ortho nitro benzene ring substituents is 1. The molecular formula is C17H16BrN3O4. The van der Waals surface area contributed by atoms with Crippen molar-refractivity contribution < 1.29 is 14.5 Å². The number of ether oxygens (including phenoxy) is 1. The molecule has 0 aliphatic heterocycles. The van der Waals surface area contributed by atoms with E-state index in [2.05, 4.69) is 26.5 Å². The Bertz CT molecular complexity index is 819. The molecule has 0 atom stereocenters. The van der Waals surface area contributed by atoms with Crippen molar-refractivity contribution in [3.8, 4) is 5.75 Å². The fourth-order valence-corrected chi connectivity index (χ4v) is 2.54. The Kier molecular flexibility index (Phi) is 6.24. The molecule has 7 nitrogen and oxygen atoms in total. The van der Waals surface area contributed by atoms with Gasteiger partial charge in [0.05, 0.1) is 15.1 Å². The van der Waals surface area contributed by atoms with Crippen LogP contribution < -0.4 is 10.2 Å². The SMILES string of the molecule is C/C(=N/NC(=O)COc1ccc(C)cc1Br)c1ccc([N+](=O)[O-])cc1. The molecule has 1 N–H and O–H groups in total. The smallest absolute Gasteiger partial charge is 0.277 e. The zero-order valence-corrected chi connectivity index (χ0v) is 15.2. The molecule has 2 rings (SSSR count). The van der Waals surface area contributed by atoms with Crippen molar-refractivity contribution in [2.45, 2.75) is 13.8 Å². The summed E-state index contributed by atoms with van der Waals surface area (Å²) in [6.45, 7) is 3.47. The average molecular weight is 406 g/mol. The van der Waals surface area contributed by atoms with Gasteiger partial charge in [0.1, 0.15) is 5.75 Å². The lowest BCUT2D eigenvalue weighted by atomic mass is 10.1. The van der Waals surface area contributed by atoms with Gasteiger partial charge in [-0.25, -0.2) is 5.43 Å². The van der Waals surface area contributed by atoms with E-state index in [0.717, 1.165) is 10.0 Å². The highest BCUT2D eigenvalue weighted by Crippen LogP contribution is 2.25. The third-order valence-corrected chi connectivity index (χ3v) is 3.91. The van der Waals surface area contributed by atoms with E-state index >= 15 is 0 Å². The average Bonchev–Trinajstić information content (AvgIpc) is 2.59. The van der Waals surface area contributed by atoms with Gasteiger partial charge in [0.25, 0.3) is 11.6 Å². The van der Waals surface area contributed by atoms with Crippen LogP contribution in [0.3, 0.4) is 0 Å².